The van der Waals surface area contributed by atoms with Crippen LogP contribution in [0.2, 0.25) is 0 Å². The average Bonchev–Trinajstić information content (AvgIpc) is 3.06. The van der Waals surface area contributed by atoms with Crippen LogP contribution in [-0.4, -0.2) is 17.0 Å². The van der Waals surface area contributed by atoms with E-state index >= 15 is 0 Å². The minimum absolute atomic E-state index is 0.216. The maximum atomic E-state index is 13.0. The molecule has 2 rings (SSSR count). The van der Waals surface area contributed by atoms with Crippen LogP contribution in [0.3, 0.4) is 0 Å². The molecule has 1 aliphatic rings. The van der Waals surface area contributed by atoms with Gasteiger partial charge in [-0.25, -0.2) is 13.6 Å². The Hall–Kier alpha value is -1.98. The SMILES string of the molecule is O=C(CC1CC1)Nc1cc(F)c(F)cc1C(=O)O. The van der Waals surface area contributed by atoms with E-state index in [1.165, 1.54) is 0 Å². The quantitative estimate of drug-likeness (QED) is 0.868. The maximum absolute atomic E-state index is 13.0. The number of aromatic carboxylic acids is 1. The van der Waals surface area contributed by atoms with E-state index in [2.05, 4.69) is 5.32 Å². The number of rotatable bonds is 4. The summed E-state index contributed by atoms with van der Waals surface area (Å²) in [5.41, 5.74) is -0.676. The highest BCUT2D eigenvalue weighted by Crippen LogP contribution is 2.32. The van der Waals surface area contributed by atoms with E-state index in [0.717, 1.165) is 12.8 Å². The van der Waals surface area contributed by atoms with Gasteiger partial charge in [0.25, 0.3) is 0 Å². The van der Waals surface area contributed by atoms with E-state index in [4.69, 9.17) is 5.11 Å². The molecule has 0 radical (unpaired) electrons. The highest BCUT2D eigenvalue weighted by molar-refractivity contribution is 6.00. The van der Waals surface area contributed by atoms with Crippen LogP contribution in [0.25, 0.3) is 0 Å². The molecule has 1 aromatic carbocycles. The molecule has 0 heterocycles. The summed E-state index contributed by atoms with van der Waals surface area (Å²) in [6, 6.07) is 1.24. The van der Waals surface area contributed by atoms with Gasteiger partial charge < -0.3 is 10.4 Å². The molecule has 4 nitrogen and oxygen atoms in total. The fraction of sp³-hybridized carbons (Fsp3) is 0.333. The molecule has 18 heavy (non-hydrogen) atoms. The number of carboxylic acids is 1. The van der Waals surface area contributed by atoms with Gasteiger partial charge >= 0.3 is 5.97 Å². The fourth-order valence-electron chi connectivity index (χ4n) is 1.61. The van der Waals surface area contributed by atoms with E-state index in [0.29, 0.717) is 18.1 Å². The van der Waals surface area contributed by atoms with E-state index < -0.39 is 23.2 Å². The van der Waals surface area contributed by atoms with E-state index in [1.807, 2.05) is 0 Å². The van der Waals surface area contributed by atoms with Gasteiger partial charge in [-0.3, -0.25) is 4.79 Å². The molecule has 1 saturated carbocycles. The molecule has 0 aliphatic heterocycles. The molecule has 1 amide bonds. The van der Waals surface area contributed by atoms with Gasteiger partial charge in [-0.2, -0.15) is 0 Å². The lowest BCUT2D eigenvalue weighted by Gasteiger charge is -2.08. The summed E-state index contributed by atoms with van der Waals surface area (Å²) in [5, 5.41) is 11.2. The summed E-state index contributed by atoms with van der Waals surface area (Å²) < 4.78 is 26.0. The number of carbonyl (C=O) groups is 2. The monoisotopic (exact) mass is 255 g/mol. The molecule has 2 N–H and O–H groups in total. The third-order valence-electron chi connectivity index (χ3n) is 2.74. The van der Waals surface area contributed by atoms with Crippen molar-refractivity contribution in [2.24, 2.45) is 5.92 Å². The van der Waals surface area contributed by atoms with Gasteiger partial charge in [-0.05, 0) is 24.8 Å². The summed E-state index contributed by atoms with van der Waals surface area (Å²) in [6.45, 7) is 0. The normalized spacial score (nSPS) is 14.3. The molecule has 1 aliphatic carbocycles. The van der Waals surface area contributed by atoms with Gasteiger partial charge in [0.1, 0.15) is 0 Å². The molecule has 0 saturated heterocycles. The van der Waals surface area contributed by atoms with Crippen molar-refractivity contribution in [2.75, 3.05) is 5.32 Å². The molecule has 1 aromatic rings. The molecule has 6 heteroatoms. The Morgan fingerprint density at radius 3 is 2.44 bits per heavy atom. The van der Waals surface area contributed by atoms with Crippen molar-refractivity contribution in [1.82, 2.24) is 0 Å². The summed E-state index contributed by atoms with van der Waals surface area (Å²) in [4.78, 5) is 22.4. The lowest BCUT2D eigenvalue weighted by atomic mass is 10.1. The predicted molar refractivity (Wildman–Crippen MR) is 59.3 cm³/mol. The zero-order valence-electron chi connectivity index (χ0n) is 9.37. The number of halogens is 2. The average molecular weight is 255 g/mol. The minimum atomic E-state index is -1.42. The third-order valence-corrected chi connectivity index (χ3v) is 2.74. The van der Waals surface area contributed by atoms with Crippen LogP contribution in [-0.2, 0) is 4.79 Å². The molecular weight excluding hydrogens is 244 g/mol. The number of benzene rings is 1. The first kappa shape index (κ1) is 12.5. The number of anilines is 1. The van der Waals surface area contributed by atoms with Gasteiger partial charge in [-0.1, -0.05) is 0 Å². The van der Waals surface area contributed by atoms with Gasteiger partial charge in [-0.15, -0.1) is 0 Å². The van der Waals surface area contributed by atoms with Crippen molar-refractivity contribution in [1.29, 1.82) is 0 Å². The minimum Gasteiger partial charge on any atom is -0.478 e. The highest BCUT2D eigenvalue weighted by atomic mass is 19.2. The van der Waals surface area contributed by atoms with E-state index in [-0.39, 0.29) is 18.0 Å². The maximum Gasteiger partial charge on any atom is 0.337 e. The zero-order chi connectivity index (χ0) is 13.3. The van der Waals surface area contributed by atoms with Crippen LogP contribution in [0.5, 0.6) is 0 Å². The van der Waals surface area contributed by atoms with Crippen LogP contribution in [0.15, 0.2) is 12.1 Å². The first-order valence-electron chi connectivity index (χ1n) is 5.49. The molecule has 0 bridgehead atoms. The second-order valence-electron chi connectivity index (χ2n) is 4.31. The van der Waals surface area contributed by atoms with Crippen molar-refractivity contribution >= 4 is 17.6 Å². The molecule has 0 aromatic heterocycles. The summed E-state index contributed by atoms with van der Waals surface area (Å²) >= 11 is 0. The predicted octanol–water partition coefficient (Wildman–Crippen LogP) is 2.40. The summed E-state index contributed by atoms with van der Waals surface area (Å²) in [6.07, 6.45) is 2.21. The van der Waals surface area contributed by atoms with E-state index in [9.17, 15) is 18.4 Å². The van der Waals surface area contributed by atoms with Crippen molar-refractivity contribution in [3.8, 4) is 0 Å². The van der Waals surface area contributed by atoms with Crippen LogP contribution < -0.4 is 5.32 Å². The number of amides is 1. The van der Waals surface area contributed by atoms with Gasteiger partial charge in [0, 0.05) is 12.5 Å². The summed E-state index contributed by atoms with van der Waals surface area (Å²) in [7, 11) is 0. The largest absolute Gasteiger partial charge is 0.478 e. The highest BCUT2D eigenvalue weighted by Gasteiger charge is 2.25. The lowest BCUT2D eigenvalue weighted by molar-refractivity contribution is -0.116. The van der Waals surface area contributed by atoms with Crippen LogP contribution in [0.4, 0.5) is 14.5 Å². The Morgan fingerprint density at radius 2 is 1.89 bits per heavy atom. The number of nitrogens with one attached hydrogen (secondary N) is 1. The summed E-state index contributed by atoms with van der Waals surface area (Å²) in [5.74, 6) is -3.93. The zero-order valence-corrected chi connectivity index (χ0v) is 9.37. The number of hydrogen-bond donors (Lipinski definition) is 2. The smallest absolute Gasteiger partial charge is 0.337 e. The molecule has 0 atom stereocenters. The Labute approximate surface area is 102 Å². The first-order chi connectivity index (χ1) is 8.47. The van der Waals surface area contributed by atoms with Crippen molar-refractivity contribution in [3.63, 3.8) is 0 Å². The van der Waals surface area contributed by atoms with Crippen LogP contribution >= 0.6 is 0 Å². The second-order valence-corrected chi connectivity index (χ2v) is 4.31. The second kappa shape index (κ2) is 4.72. The van der Waals surface area contributed by atoms with Crippen LogP contribution in [0, 0.1) is 17.6 Å². The molecule has 0 spiro atoms. The fourth-order valence-corrected chi connectivity index (χ4v) is 1.61. The number of hydrogen-bond acceptors (Lipinski definition) is 2. The Bertz CT molecular complexity index is 512. The number of carboxylic acid groups (broad SMARTS) is 1. The Balaban J connectivity index is 2.21. The molecule has 1 fully saturated rings. The van der Waals surface area contributed by atoms with Crippen molar-refractivity contribution < 1.29 is 23.5 Å². The van der Waals surface area contributed by atoms with Crippen molar-refractivity contribution in [2.45, 2.75) is 19.3 Å². The first-order valence-corrected chi connectivity index (χ1v) is 5.49. The van der Waals surface area contributed by atoms with Gasteiger partial charge in [0.15, 0.2) is 11.6 Å². The number of carbonyl (C=O) groups excluding carboxylic acids is 1. The Morgan fingerprint density at radius 1 is 1.28 bits per heavy atom. The Kier molecular flexibility index (Phi) is 3.27. The lowest BCUT2D eigenvalue weighted by Crippen LogP contribution is -2.15. The van der Waals surface area contributed by atoms with Crippen molar-refractivity contribution in [3.05, 3.63) is 29.3 Å². The van der Waals surface area contributed by atoms with Gasteiger partial charge in [0.05, 0.1) is 11.3 Å². The molecule has 0 unspecified atom stereocenters. The molecular formula is C12H11F2NO3. The topological polar surface area (TPSA) is 66.4 Å². The van der Waals surface area contributed by atoms with Gasteiger partial charge in [0.2, 0.25) is 5.91 Å². The molecule has 96 valence electrons. The van der Waals surface area contributed by atoms with Crippen LogP contribution in [0.1, 0.15) is 29.6 Å². The van der Waals surface area contributed by atoms with E-state index in [1.54, 1.807) is 0 Å². The standard InChI is InChI=1S/C12H11F2NO3/c13-8-4-7(12(17)18)10(5-9(8)14)15-11(16)3-6-1-2-6/h4-6H,1-3H2,(H,15,16)(H,17,18). The third kappa shape index (κ3) is 2.82.